The first-order valence-electron chi connectivity index (χ1n) is 7.65. The molecule has 0 bridgehead atoms. The van der Waals surface area contributed by atoms with Gasteiger partial charge in [0.05, 0.1) is 28.7 Å². The van der Waals surface area contributed by atoms with E-state index in [9.17, 15) is 13.2 Å². The number of nitrogens with zero attached hydrogens (tertiary/aromatic N) is 3. The Hall–Kier alpha value is -1.93. The van der Waals surface area contributed by atoms with Crippen LogP contribution in [0.25, 0.3) is 11.0 Å². The van der Waals surface area contributed by atoms with Gasteiger partial charge in [0.25, 0.3) is 0 Å². The Balaban J connectivity index is 1.89. The smallest absolute Gasteiger partial charge is 0.305 e. The molecule has 0 atom stereocenters. The molecule has 1 aliphatic heterocycles. The van der Waals surface area contributed by atoms with Crippen LogP contribution in [0.1, 0.15) is 25.7 Å². The lowest BCUT2D eigenvalue weighted by Gasteiger charge is -2.25. The summed E-state index contributed by atoms with van der Waals surface area (Å²) >= 11 is 0. The van der Waals surface area contributed by atoms with E-state index in [1.165, 1.54) is 4.31 Å². The van der Waals surface area contributed by atoms with Gasteiger partial charge in [-0.15, -0.1) is 0 Å². The van der Waals surface area contributed by atoms with Crippen molar-refractivity contribution in [3.05, 3.63) is 24.5 Å². The van der Waals surface area contributed by atoms with Crippen LogP contribution < -0.4 is 0 Å². The van der Waals surface area contributed by atoms with Crippen LogP contribution in [0.4, 0.5) is 0 Å². The number of carbonyl (C=O) groups is 1. The molecule has 2 heterocycles. The summed E-state index contributed by atoms with van der Waals surface area (Å²) in [5, 5.41) is 8.76. The molecule has 1 saturated heterocycles. The van der Waals surface area contributed by atoms with E-state index in [2.05, 4.69) is 4.98 Å². The molecular weight excluding hydrogens is 318 g/mol. The van der Waals surface area contributed by atoms with Gasteiger partial charge in [-0.3, -0.25) is 4.79 Å². The maximum absolute atomic E-state index is 12.7. The third kappa shape index (κ3) is 3.23. The normalized spacial score (nSPS) is 16.7. The summed E-state index contributed by atoms with van der Waals surface area (Å²) in [4.78, 5) is 15.1. The quantitative estimate of drug-likeness (QED) is 0.896. The van der Waals surface area contributed by atoms with Crippen LogP contribution in [0.15, 0.2) is 29.4 Å². The van der Waals surface area contributed by atoms with Gasteiger partial charge in [0.2, 0.25) is 10.0 Å². The van der Waals surface area contributed by atoms with Crippen molar-refractivity contribution in [2.45, 2.75) is 37.1 Å². The second-order valence-corrected chi connectivity index (χ2v) is 7.63. The number of sulfonamides is 1. The fourth-order valence-electron chi connectivity index (χ4n) is 2.85. The van der Waals surface area contributed by atoms with Crippen molar-refractivity contribution in [3.63, 3.8) is 0 Å². The molecule has 0 unspecified atom stereocenters. The lowest BCUT2D eigenvalue weighted by molar-refractivity contribution is -0.137. The minimum absolute atomic E-state index is 0.000707. The van der Waals surface area contributed by atoms with Crippen LogP contribution in [0.3, 0.4) is 0 Å². The van der Waals surface area contributed by atoms with Crippen molar-refractivity contribution in [2.75, 3.05) is 13.1 Å². The largest absolute Gasteiger partial charge is 0.481 e. The summed E-state index contributed by atoms with van der Waals surface area (Å²) in [6, 6.07) is 4.84. The number of hydrogen-bond donors (Lipinski definition) is 1. The highest BCUT2D eigenvalue weighted by Gasteiger charge is 2.26. The van der Waals surface area contributed by atoms with E-state index in [1.807, 2.05) is 0 Å². The summed E-state index contributed by atoms with van der Waals surface area (Å²) in [6.45, 7) is 1.44. The van der Waals surface area contributed by atoms with Crippen LogP contribution >= 0.6 is 0 Å². The van der Waals surface area contributed by atoms with Gasteiger partial charge in [-0.1, -0.05) is 6.42 Å². The molecule has 8 heteroatoms. The highest BCUT2D eigenvalue weighted by Crippen LogP contribution is 2.24. The number of rotatable bonds is 5. The fraction of sp³-hybridized carbons (Fsp3) is 0.467. The number of piperidine rings is 1. The molecule has 1 aliphatic rings. The minimum atomic E-state index is -3.48. The Kier molecular flexibility index (Phi) is 4.36. The van der Waals surface area contributed by atoms with Gasteiger partial charge < -0.3 is 9.67 Å². The van der Waals surface area contributed by atoms with Crippen LogP contribution in [-0.4, -0.2) is 46.4 Å². The van der Waals surface area contributed by atoms with E-state index in [4.69, 9.17) is 5.11 Å². The Morgan fingerprint density at radius 3 is 2.65 bits per heavy atom. The number of aliphatic carboxylic acids is 1. The molecule has 23 heavy (non-hydrogen) atoms. The molecule has 1 fully saturated rings. The molecule has 0 radical (unpaired) electrons. The van der Waals surface area contributed by atoms with Gasteiger partial charge >= 0.3 is 5.97 Å². The molecule has 1 aromatic carbocycles. The summed E-state index contributed by atoms with van der Waals surface area (Å²) in [6.07, 6.45) is 4.40. The zero-order valence-electron chi connectivity index (χ0n) is 12.7. The monoisotopic (exact) mass is 337 g/mol. The van der Waals surface area contributed by atoms with E-state index < -0.39 is 16.0 Å². The molecule has 0 aliphatic carbocycles. The summed E-state index contributed by atoms with van der Waals surface area (Å²) in [5.74, 6) is -0.879. The Morgan fingerprint density at radius 1 is 1.22 bits per heavy atom. The lowest BCUT2D eigenvalue weighted by Crippen LogP contribution is -2.35. The number of imidazole rings is 1. The van der Waals surface area contributed by atoms with Gasteiger partial charge in [0.15, 0.2) is 0 Å². The standard InChI is InChI=1S/C15H19N3O4S/c19-15(20)6-9-17-11-16-13-10-12(4-5-14(13)17)23(21,22)18-7-2-1-3-8-18/h4-5,10-11H,1-3,6-9H2,(H,19,20). The van der Waals surface area contributed by atoms with E-state index in [1.54, 1.807) is 29.1 Å². The molecular formula is C15H19N3O4S. The maximum Gasteiger partial charge on any atom is 0.305 e. The predicted octanol–water partition coefficient (Wildman–Crippen LogP) is 1.69. The van der Waals surface area contributed by atoms with E-state index in [0.717, 1.165) is 24.8 Å². The first-order valence-corrected chi connectivity index (χ1v) is 9.09. The maximum atomic E-state index is 12.7. The molecule has 1 N–H and O–H groups in total. The van der Waals surface area contributed by atoms with Gasteiger partial charge in [-0.05, 0) is 31.0 Å². The molecule has 1 aromatic heterocycles. The molecule has 3 rings (SSSR count). The molecule has 0 spiro atoms. The third-order valence-corrected chi connectivity index (χ3v) is 6.01. The number of benzene rings is 1. The fourth-order valence-corrected chi connectivity index (χ4v) is 4.39. The number of aryl methyl sites for hydroxylation is 1. The average Bonchev–Trinajstić information content (AvgIpc) is 2.96. The second kappa shape index (κ2) is 6.29. The van der Waals surface area contributed by atoms with Crippen molar-refractivity contribution >= 4 is 27.0 Å². The minimum Gasteiger partial charge on any atom is -0.481 e. The van der Waals surface area contributed by atoms with E-state index in [0.29, 0.717) is 25.2 Å². The highest BCUT2D eigenvalue weighted by molar-refractivity contribution is 7.89. The van der Waals surface area contributed by atoms with Crippen LogP contribution in [0, 0.1) is 0 Å². The first-order chi connectivity index (χ1) is 11.0. The van der Waals surface area contributed by atoms with Gasteiger partial charge in [-0.25, -0.2) is 13.4 Å². The molecule has 2 aromatic rings. The molecule has 7 nitrogen and oxygen atoms in total. The summed E-state index contributed by atoms with van der Waals surface area (Å²) < 4.78 is 28.6. The number of fused-ring (bicyclic) bond motifs is 1. The average molecular weight is 337 g/mol. The van der Waals surface area contributed by atoms with Crippen molar-refractivity contribution in [3.8, 4) is 0 Å². The number of aromatic nitrogens is 2. The first kappa shape index (κ1) is 15.9. The number of carboxylic acid groups (broad SMARTS) is 1. The SMILES string of the molecule is O=C(O)CCn1cnc2cc(S(=O)(=O)N3CCCCC3)ccc21. The van der Waals surface area contributed by atoms with Crippen LogP contribution in [0.2, 0.25) is 0 Å². The van der Waals surface area contributed by atoms with Gasteiger partial charge in [-0.2, -0.15) is 4.31 Å². The topological polar surface area (TPSA) is 92.5 Å². The lowest BCUT2D eigenvalue weighted by atomic mass is 10.2. The van der Waals surface area contributed by atoms with E-state index >= 15 is 0 Å². The predicted molar refractivity (Wildman–Crippen MR) is 84.6 cm³/mol. The van der Waals surface area contributed by atoms with Crippen LogP contribution in [-0.2, 0) is 21.4 Å². The van der Waals surface area contributed by atoms with Crippen molar-refractivity contribution in [1.29, 1.82) is 0 Å². The Labute approximate surface area is 134 Å². The molecule has 124 valence electrons. The third-order valence-electron chi connectivity index (χ3n) is 4.11. The highest BCUT2D eigenvalue weighted by atomic mass is 32.2. The van der Waals surface area contributed by atoms with Crippen molar-refractivity contribution < 1.29 is 18.3 Å². The Bertz CT molecular complexity index is 822. The molecule has 0 amide bonds. The Morgan fingerprint density at radius 2 is 1.96 bits per heavy atom. The van der Waals surface area contributed by atoms with Crippen molar-refractivity contribution in [2.24, 2.45) is 0 Å². The number of carboxylic acids is 1. The van der Waals surface area contributed by atoms with E-state index in [-0.39, 0.29) is 11.3 Å². The zero-order chi connectivity index (χ0) is 16.4. The van der Waals surface area contributed by atoms with Gasteiger partial charge in [0.1, 0.15) is 0 Å². The van der Waals surface area contributed by atoms with Gasteiger partial charge in [0, 0.05) is 19.6 Å². The second-order valence-electron chi connectivity index (χ2n) is 5.70. The summed E-state index contributed by atoms with van der Waals surface area (Å²) in [7, 11) is -3.48. The number of hydrogen-bond acceptors (Lipinski definition) is 4. The van der Waals surface area contributed by atoms with Crippen LogP contribution in [0.5, 0.6) is 0 Å². The molecule has 0 saturated carbocycles. The summed E-state index contributed by atoms with van der Waals surface area (Å²) in [5.41, 5.74) is 1.30. The zero-order valence-corrected chi connectivity index (χ0v) is 13.5. The van der Waals surface area contributed by atoms with Crippen molar-refractivity contribution in [1.82, 2.24) is 13.9 Å².